The molecule has 0 saturated carbocycles. The molecule has 0 aliphatic heterocycles. The van der Waals surface area contributed by atoms with Gasteiger partial charge < -0.3 is 9.84 Å². The molecule has 104 valence electrons. The highest BCUT2D eigenvalue weighted by atomic mass is 19.1. The molecule has 4 nitrogen and oxygen atoms in total. The Bertz CT molecular complexity index is 489. The Morgan fingerprint density at radius 2 is 1.95 bits per heavy atom. The molecular weight excluding hydrogens is 251 g/mol. The zero-order valence-corrected chi connectivity index (χ0v) is 11.2. The van der Waals surface area contributed by atoms with E-state index in [1.165, 1.54) is 12.1 Å². The number of halogens is 1. The van der Waals surface area contributed by atoms with Crippen LogP contribution in [-0.4, -0.2) is 22.6 Å². The number of carboxylic acid groups (broad SMARTS) is 1. The smallest absolute Gasteiger partial charge is 0.338 e. The highest BCUT2D eigenvalue weighted by Gasteiger charge is 2.16. The SMILES string of the molecule is CC(C)(C)OC(=O)CCc1ccc(C(=O)O)c(F)c1. The molecule has 1 N–H and O–H groups in total. The molecule has 0 unspecified atom stereocenters. The van der Waals surface area contributed by atoms with E-state index in [-0.39, 0.29) is 18.0 Å². The van der Waals surface area contributed by atoms with Crippen LogP contribution in [-0.2, 0) is 16.0 Å². The molecule has 0 aliphatic carbocycles. The molecule has 5 heteroatoms. The van der Waals surface area contributed by atoms with Gasteiger partial charge in [-0.05, 0) is 44.9 Å². The Morgan fingerprint density at radius 3 is 2.42 bits per heavy atom. The van der Waals surface area contributed by atoms with Crippen molar-refractivity contribution in [2.45, 2.75) is 39.2 Å². The van der Waals surface area contributed by atoms with E-state index < -0.39 is 17.4 Å². The van der Waals surface area contributed by atoms with Gasteiger partial charge in [0.05, 0.1) is 5.56 Å². The second kappa shape index (κ2) is 5.82. The van der Waals surface area contributed by atoms with Crippen molar-refractivity contribution in [3.8, 4) is 0 Å². The first-order chi connectivity index (χ1) is 8.69. The van der Waals surface area contributed by atoms with Crippen molar-refractivity contribution in [2.75, 3.05) is 0 Å². The molecule has 1 aromatic carbocycles. The van der Waals surface area contributed by atoms with Crippen molar-refractivity contribution >= 4 is 11.9 Å². The molecule has 0 aromatic heterocycles. The van der Waals surface area contributed by atoms with E-state index in [0.717, 1.165) is 6.07 Å². The summed E-state index contributed by atoms with van der Waals surface area (Å²) >= 11 is 0. The number of esters is 1. The highest BCUT2D eigenvalue weighted by molar-refractivity contribution is 5.87. The van der Waals surface area contributed by atoms with Crippen LogP contribution in [0, 0.1) is 5.82 Å². The van der Waals surface area contributed by atoms with E-state index in [2.05, 4.69) is 0 Å². The molecule has 0 amide bonds. The molecule has 0 bridgehead atoms. The van der Waals surface area contributed by atoms with Gasteiger partial charge in [0.1, 0.15) is 11.4 Å². The van der Waals surface area contributed by atoms with Crippen LogP contribution in [0.4, 0.5) is 4.39 Å². The summed E-state index contributed by atoms with van der Waals surface area (Å²) in [5.41, 5.74) is -0.357. The monoisotopic (exact) mass is 268 g/mol. The minimum Gasteiger partial charge on any atom is -0.478 e. The van der Waals surface area contributed by atoms with Crippen molar-refractivity contribution < 1.29 is 23.8 Å². The summed E-state index contributed by atoms with van der Waals surface area (Å²) in [4.78, 5) is 22.1. The van der Waals surface area contributed by atoms with Crippen LogP contribution in [0.1, 0.15) is 43.1 Å². The number of hydrogen-bond donors (Lipinski definition) is 1. The summed E-state index contributed by atoms with van der Waals surface area (Å²) in [6, 6.07) is 3.83. The Morgan fingerprint density at radius 1 is 1.32 bits per heavy atom. The van der Waals surface area contributed by atoms with Crippen molar-refractivity contribution in [2.24, 2.45) is 0 Å². The fourth-order valence-electron chi connectivity index (χ4n) is 1.53. The number of rotatable bonds is 4. The second-order valence-corrected chi connectivity index (χ2v) is 5.21. The van der Waals surface area contributed by atoms with Crippen LogP contribution in [0.15, 0.2) is 18.2 Å². The van der Waals surface area contributed by atoms with Gasteiger partial charge in [0.25, 0.3) is 0 Å². The average molecular weight is 268 g/mol. The maximum atomic E-state index is 13.4. The Hall–Kier alpha value is -1.91. The second-order valence-electron chi connectivity index (χ2n) is 5.21. The van der Waals surface area contributed by atoms with Gasteiger partial charge in [-0.3, -0.25) is 4.79 Å². The van der Waals surface area contributed by atoms with E-state index in [1.54, 1.807) is 20.8 Å². The third-order valence-electron chi connectivity index (χ3n) is 2.30. The molecule has 0 saturated heterocycles. The van der Waals surface area contributed by atoms with Crippen LogP contribution in [0.2, 0.25) is 0 Å². The zero-order valence-electron chi connectivity index (χ0n) is 11.2. The fourth-order valence-corrected chi connectivity index (χ4v) is 1.53. The first kappa shape index (κ1) is 15.1. The average Bonchev–Trinajstić information content (AvgIpc) is 2.23. The third-order valence-corrected chi connectivity index (χ3v) is 2.30. The molecule has 0 atom stereocenters. The van der Waals surface area contributed by atoms with Gasteiger partial charge in [-0.1, -0.05) is 6.07 Å². The standard InChI is InChI=1S/C14H17FO4/c1-14(2,3)19-12(16)7-5-9-4-6-10(13(17)18)11(15)8-9/h4,6,8H,5,7H2,1-3H3,(H,17,18). The van der Waals surface area contributed by atoms with E-state index in [0.29, 0.717) is 12.0 Å². The van der Waals surface area contributed by atoms with Crippen molar-refractivity contribution in [3.05, 3.63) is 35.1 Å². The first-order valence-corrected chi connectivity index (χ1v) is 5.92. The number of aromatic carboxylic acids is 1. The lowest BCUT2D eigenvalue weighted by Gasteiger charge is -2.19. The van der Waals surface area contributed by atoms with E-state index in [1.807, 2.05) is 0 Å². The Kier molecular flexibility index (Phi) is 4.64. The van der Waals surface area contributed by atoms with Crippen molar-refractivity contribution in [3.63, 3.8) is 0 Å². The summed E-state index contributed by atoms with van der Waals surface area (Å²) in [5, 5.41) is 8.69. The maximum Gasteiger partial charge on any atom is 0.338 e. The van der Waals surface area contributed by atoms with Gasteiger partial charge >= 0.3 is 11.9 Å². The summed E-state index contributed by atoms with van der Waals surface area (Å²) in [6.07, 6.45) is 0.439. The topological polar surface area (TPSA) is 63.6 Å². The largest absolute Gasteiger partial charge is 0.478 e. The molecule has 0 aliphatic rings. The van der Waals surface area contributed by atoms with Gasteiger partial charge in [-0.25, -0.2) is 9.18 Å². The van der Waals surface area contributed by atoms with Crippen molar-refractivity contribution in [1.29, 1.82) is 0 Å². The number of carbonyl (C=O) groups excluding carboxylic acids is 1. The summed E-state index contributed by atoms with van der Waals surface area (Å²) in [7, 11) is 0. The normalized spacial score (nSPS) is 11.2. The number of benzene rings is 1. The van der Waals surface area contributed by atoms with E-state index in [4.69, 9.17) is 9.84 Å². The summed E-state index contributed by atoms with van der Waals surface area (Å²) in [5.74, 6) is -2.47. The Balaban J connectivity index is 2.62. The lowest BCUT2D eigenvalue weighted by Crippen LogP contribution is -2.24. The minimum absolute atomic E-state index is 0.128. The third kappa shape index (κ3) is 5.07. The molecule has 0 heterocycles. The molecule has 0 spiro atoms. The van der Waals surface area contributed by atoms with E-state index >= 15 is 0 Å². The number of hydrogen-bond acceptors (Lipinski definition) is 3. The number of ether oxygens (including phenoxy) is 1. The molecule has 1 rings (SSSR count). The number of aryl methyl sites for hydroxylation is 1. The fraction of sp³-hybridized carbons (Fsp3) is 0.429. The van der Waals surface area contributed by atoms with Crippen LogP contribution in [0.25, 0.3) is 0 Å². The van der Waals surface area contributed by atoms with Gasteiger partial charge in [-0.15, -0.1) is 0 Å². The van der Waals surface area contributed by atoms with Crippen LogP contribution in [0.3, 0.4) is 0 Å². The van der Waals surface area contributed by atoms with Gasteiger partial charge in [0, 0.05) is 6.42 Å². The number of carbonyl (C=O) groups is 2. The quantitative estimate of drug-likeness (QED) is 0.853. The lowest BCUT2D eigenvalue weighted by molar-refractivity contribution is -0.154. The van der Waals surface area contributed by atoms with Gasteiger partial charge in [0.15, 0.2) is 0 Å². The Labute approximate surface area is 111 Å². The highest BCUT2D eigenvalue weighted by Crippen LogP contribution is 2.14. The predicted octanol–water partition coefficient (Wildman–Crippen LogP) is 2.80. The summed E-state index contributed by atoms with van der Waals surface area (Å²) in [6.45, 7) is 5.31. The predicted molar refractivity (Wildman–Crippen MR) is 67.5 cm³/mol. The van der Waals surface area contributed by atoms with Crippen molar-refractivity contribution in [1.82, 2.24) is 0 Å². The van der Waals surface area contributed by atoms with Crippen LogP contribution in [0.5, 0.6) is 0 Å². The van der Waals surface area contributed by atoms with Crippen LogP contribution < -0.4 is 0 Å². The number of carboxylic acids is 1. The summed E-state index contributed by atoms with van der Waals surface area (Å²) < 4.78 is 18.5. The van der Waals surface area contributed by atoms with Crippen LogP contribution >= 0.6 is 0 Å². The molecular formula is C14H17FO4. The molecule has 0 fully saturated rings. The zero-order chi connectivity index (χ0) is 14.6. The van der Waals surface area contributed by atoms with Gasteiger partial charge in [0.2, 0.25) is 0 Å². The molecule has 19 heavy (non-hydrogen) atoms. The molecule has 1 aromatic rings. The minimum atomic E-state index is -1.31. The first-order valence-electron chi connectivity index (χ1n) is 5.92. The van der Waals surface area contributed by atoms with E-state index in [9.17, 15) is 14.0 Å². The molecule has 0 radical (unpaired) electrons. The van der Waals surface area contributed by atoms with Gasteiger partial charge in [-0.2, -0.15) is 0 Å². The lowest BCUT2D eigenvalue weighted by atomic mass is 10.1. The maximum absolute atomic E-state index is 13.4.